The van der Waals surface area contributed by atoms with E-state index < -0.39 is 29.5 Å². The Morgan fingerprint density at radius 3 is 2.51 bits per heavy atom. The molecule has 12 heteroatoms. The molecular formula is C25H31F4N7O. The Morgan fingerprint density at radius 1 is 1.11 bits per heavy atom. The lowest BCUT2D eigenvalue weighted by atomic mass is 9.93. The van der Waals surface area contributed by atoms with E-state index >= 15 is 0 Å². The normalized spacial score (nSPS) is 21.4. The van der Waals surface area contributed by atoms with E-state index in [4.69, 9.17) is 15.6 Å². The molecule has 0 aromatic carbocycles. The van der Waals surface area contributed by atoms with Crippen molar-refractivity contribution >= 4 is 22.5 Å². The number of fused-ring (bicyclic) bond motifs is 1. The van der Waals surface area contributed by atoms with Gasteiger partial charge in [0.05, 0.1) is 22.5 Å². The minimum atomic E-state index is -4.80. The Bertz CT molecular complexity index is 1230. The van der Waals surface area contributed by atoms with Crippen LogP contribution in [0.4, 0.5) is 29.2 Å². The molecule has 0 unspecified atom stereocenters. The number of piperidine rings is 1. The summed E-state index contributed by atoms with van der Waals surface area (Å²) in [5.41, 5.74) is 5.71. The molecule has 0 bridgehead atoms. The first-order valence-electron chi connectivity index (χ1n) is 12.8. The fourth-order valence-corrected chi connectivity index (χ4v) is 5.21. The molecule has 1 aliphatic heterocycles. The number of hydrogen-bond donors (Lipinski definition) is 2. The van der Waals surface area contributed by atoms with Crippen LogP contribution in [0, 0.1) is 5.82 Å². The lowest BCUT2D eigenvalue weighted by Gasteiger charge is -2.31. The van der Waals surface area contributed by atoms with Gasteiger partial charge in [-0.25, -0.2) is 14.4 Å². The summed E-state index contributed by atoms with van der Waals surface area (Å²) in [6.45, 7) is 4.41. The molecular weight excluding hydrogens is 490 g/mol. The molecule has 0 radical (unpaired) electrons. The molecule has 200 valence electrons. The molecule has 0 spiro atoms. The molecule has 3 N–H and O–H groups in total. The summed E-state index contributed by atoms with van der Waals surface area (Å²) >= 11 is 0. The van der Waals surface area contributed by atoms with Crippen molar-refractivity contribution < 1.29 is 22.3 Å². The molecule has 3 aromatic heterocycles. The van der Waals surface area contributed by atoms with E-state index in [1.807, 2.05) is 23.9 Å². The second kappa shape index (κ2) is 10.3. The summed E-state index contributed by atoms with van der Waals surface area (Å²) in [6, 6.07) is 2.90. The smallest absolute Gasteiger partial charge is 0.419 e. The van der Waals surface area contributed by atoms with E-state index in [0.717, 1.165) is 61.2 Å². The molecule has 1 saturated heterocycles. The summed E-state index contributed by atoms with van der Waals surface area (Å²) in [7, 11) is 0. The molecule has 37 heavy (non-hydrogen) atoms. The maximum Gasteiger partial charge on any atom is 0.419 e. The number of nitrogens with zero attached hydrogens (tertiary/aromatic N) is 5. The third kappa shape index (κ3) is 5.29. The first kappa shape index (κ1) is 25.5. The second-order valence-electron chi connectivity index (χ2n) is 9.73. The first-order chi connectivity index (χ1) is 17.7. The highest BCUT2D eigenvalue weighted by atomic mass is 19.4. The van der Waals surface area contributed by atoms with Crippen molar-refractivity contribution in [2.75, 3.05) is 29.9 Å². The van der Waals surface area contributed by atoms with Gasteiger partial charge in [0.25, 0.3) is 5.88 Å². The molecule has 4 heterocycles. The Kier molecular flexibility index (Phi) is 7.11. The topological polar surface area (TPSA) is 94.1 Å². The summed E-state index contributed by atoms with van der Waals surface area (Å²) in [5, 5.41) is 9.25. The van der Waals surface area contributed by atoms with Gasteiger partial charge in [-0.3, -0.25) is 4.68 Å². The number of nitrogens with two attached hydrogens (primary N) is 1. The van der Waals surface area contributed by atoms with Crippen molar-refractivity contribution in [1.29, 1.82) is 0 Å². The van der Waals surface area contributed by atoms with Crippen molar-refractivity contribution in [3.63, 3.8) is 0 Å². The van der Waals surface area contributed by atoms with Gasteiger partial charge in [0.1, 0.15) is 11.9 Å². The van der Waals surface area contributed by atoms with Crippen LogP contribution in [0.5, 0.6) is 5.88 Å². The zero-order valence-corrected chi connectivity index (χ0v) is 20.6. The number of aromatic nitrogens is 4. The number of anilines is 2. The molecule has 0 atom stereocenters. The summed E-state index contributed by atoms with van der Waals surface area (Å²) < 4.78 is 61.2. The van der Waals surface area contributed by atoms with E-state index in [0.29, 0.717) is 31.7 Å². The molecule has 5 rings (SSSR count). The lowest BCUT2D eigenvalue weighted by Crippen LogP contribution is -2.40. The molecule has 3 aromatic rings. The summed E-state index contributed by atoms with van der Waals surface area (Å²) in [6.07, 6.45) is 1.82. The maximum atomic E-state index is 14.4. The number of pyridine rings is 2. The van der Waals surface area contributed by atoms with Gasteiger partial charge in [-0.15, -0.1) is 0 Å². The van der Waals surface area contributed by atoms with Gasteiger partial charge in [0, 0.05) is 44.1 Å². The summed E-state index contributed by atoms with van der Waals surface area (Å²) in [4.78, 5) is 10.5. The van der Waals surface area contributed by atoms with Crippen LogP contribution in [0.3, 0.4) is 0 Å². The van der Waals surface area contributed by atoms with Crippen molar-refractivity contribution in [2.45, 2.75) is 69.8 Å². The van der Waals surface area contributed by atoms with E-state index in [1.165, 1.54) is 0 Å². The van der Waals surface area contributed by atoms with Crippen LogP contribution < -0.4 is 20.7 Å². The molecule has 1 saturated carbocycles. The Labute approximate surface area is 212 Å². The van der Waals surface area contributed by atoms with E-state index in [-0.39, 0.29) is 12.1 Å². The highest BCUT2D eigenvalue weighted by Crippen LogP contribution is 2.38. The van der Waals surface area contributed by atoms with Crippen LogP contribution >= 0.6 is 0 Å². The van der Waals surface area contributed by atoms with Crippen molar-refractivity contribution in [1.82, 2.24) is 19.7 Å². The van der Waals surface area contributed by atoms with Crippen molar-refractivity contribution in [3.8, 4) is 5.88 Å². The van der Waals surface area contributed by atoms with Gasteiger partial charge >= 0.3 is 6.18 Å². The van der Waals surface area contributed by atoms with Crippen LogP contribution in [0.2, 0.25) is 0 Å². The predicted molar refractivity (Wildman–Crippen MR) is 132 cm³/mol. The number of rotatable bonds is 6. The van der Waals surface area contributed by atoms with Crippen LogP contribution in [0.1, 0.15) is 57.1 Å². The molecule has 2 aliphatic rings. The fourth-order valence-electron chi connectivity index (χ4n) is 5.21. The highest BCUT2D eigenvalue weighted by molar-refractivity contribution is 5.91. The Hall–Kier alpha value is -3.15. The molecule has 2 fully saturated rings. The largest absolute Gasteiger partial charge is 0.472 e. The van der Waals surface area contributed by atoms with Crippen LogP contribution in [0.25, 0.3) is 10.9 Å². The number of alkyl halides is 3. The van der Waals surface area contributed by atoms with Gasteiger partial charge < -0.3 is 20.7 Å². The van der Waals surface area contributed by atoms with Gasteiger partial charge in [-0.05, 0) is 51.5 Å². The number of halogens is 4. The molecule has 0 amide bonds. The number of nitrogens with one attached hydrogen (secondary N) is 1. The molecule has 1 aliphatic carbocycles. The number of hydrogen-bond acceptors (Lipinski definition) is 7. The van der Waals surface area contributed by atoms with E-state index in [9.17, 15) is 17.6 Å². The minimum absolute atomic E-state index is 0.0688. The lowest BCUT2D eigenvalue weighted by molar-refractivity contribution is -0.140. The molecule has 8 nitrogen and oxygen atoms in total. The van der Waals surface area contributed by atoms with E-state index in [2.05, 4.69) is 20.2 Å². The maximum absolute atomic E-state index is 14.4. The quantitative estimate of drug-likeness (QED) is 0.446. The van der Waals surface area contributed by atoms with Crippen molar-refractivity contribution in [3.05, 3.63) is 35.9 Å². The average Bonchev–Trinajstić information content (AvgIpc) is 3.24. The van der Waals surface area contributed by atoms with Gasteiger partial charge in [0.15, 0.2) is 11.6 Å². The number of ether oxygens (including phenoxy) is 1. The van der Waals surface area contributed by atoms with E-state index in [1.54, 1.807) is 0 Å². The summed E-state index contributed by atoms with van der Waals surface area (Å²) in [5.74, 6) is -0.406. The van der Waals surface area contributed by atoms with Crippen LogP contribution in [-0.4, -0.2) is 51.5 Å². The highest BCUT2D eigenvalue weighted by Gasteiger charge is 2.36. The Balaban J connectivity index is 1.35. The van der Waals surface area contributed by atoms with Crippen molar-refractivity contribution in [2.24, 2.45) is 5.73 Å². The van der Waals surface area contributed by atoms with Crippen LogP contribution in [-0.2, 0) is 6.18 Å². The van der Waals surface area contributed by atoms with Crippen LogP contribution in [0.15, 0.2) is 24.5 Å². The fraction of sp³-hybridized carbons (Fsp3) is 0.560. The predicted octanol–water partition coefficient (Wildman–Crippen LogP) is 4.91. The van der Waals surface area contributed by atoms with Gasteiger partial charge in [-0.1, -0.05) is 0 Å². The van der Waals surface area contributed by atoms with Gasteiger partial charge in [0.2, 0.25) is 0 Å². The zero-order chi connectivity index (χ0) is 26.2. The third-order valence-corrected chi connectivity index (χ3v) is 7.20. The second-order valence-corrected chi connectivity index (χ2v) is 9.73. The zero-order valence-electron chi connectivity index (χ0n) is 20.6. The minimum Gasteiger partial charge on any atom is -0.472 e. The monoisotopic (exact) mass is 521 g/mol. The average molecular weight is 522 g/mol. The van der Waals surface area contributed by atoms with Gasteiger partial charge in [-0.2, -0.15) is 18.3 Å². The Morgan fingerprint density at radius 2 is 1.84 bits per heavy atom. The standard InChI is InChI=1S/C25H31F4N7O/c1-2-31-21-13-20-18(14-33-21)23(35-11-8-15(30)9-12-35)34-36(20)16-3-5-17(6-4-16)37-24-22(26)19(7-10-32-24)25(27,28)29/h7,10,13-17H,2-6,8-9,11-12,30H2,1H3,(H,31,33). The SMILES string of the molecule is CCNc1cc2c(cn1)c(N1CCC(N)CC1)nn2C1CCC(Oc2nccc(C(F)(F)F)c2F)CC1. The first-order valence-corrected chi connectivity index (χ1v) is 12.8. The third-order valence-electron chi connectivity index (χ3n) is 7.20.